The van der Waals surface area contributed by atoms with Crippen LogP contribution >= 0.6 is 15.9 Å². The monoisotopic (exact) mass is 393 g/mol. The minimum absolute atomic E-state index is 0.0573. The third-order valence-electron chi connectivity index (χ3n) is 3.46. The molecule has 2 aromatic rings. The Labute approximate surface area is 150 Å². The number of methoxy groups -OCH3 is 2. The fraction of sp³-hybridized carbons (Fsp3) is 0.278. The van der Waals surface area contributed by atoms with Gasteiger partial charge in [0.25, 0.3) is 5.91 Å². The molecule has 0 heterocycles. The Bertz CT molecular complexity index is 688. The number of hydrogen-bond acceptors (Lipinski definition) is 4. The molecule has 128 valence electrons. The van der Waals surface area contributed by atoms with Gasteiger partial charge in [-0.25, -0.2) is 0 Å². The second-order valence-corrected chi connectivity index (χ2v) is 6.06. The van der Waals surface area contributed by atoms with Crippen LogP contribution in [0.4, 0.5) is 0 Å². The molecule has 0 fully saturated rings. The van der Waals surface area contributed by atoms with E-state index in [2.05, 4.69) is 21.2 Å². The molecule has 0 spiro atoms. The van der Waals surface area contributed by atoms with E-state index in [0.29, 0.717) is 17.2 Å². The highest BCUT2D eigenvalue weighted by atomic mass is 79.9. The van der Waals surface area contributed by atoms with Crippen molar-refractivity contribution in [2.75, 3.05) is 20.8 Å². The molecule has 1 atom stereocenters. The van der Waals surface area contributed by atoms with Gasteiger partial charge in [-0.05, 0) is 49.4 Å². The fourth-order valence-electron chi connectivity index (χ4n) is 2.22. The molecule has 0 aliphatic carbocycles. The van der Waals surface area contributed by atoms with Gasteiger partial charge in [0.05, 0.1) is 20.3 Å². The minimum atomic E-state index is -0.240. The predicted molar refractivity (Wildman–Crippen MR) is 95.7 cm³/mol. The Morgan fingerprint density at radius 3 is 2.38 bits per heavy atom. The van der Waals surface area contributed by atoms with E-state index in [9.17, 15) is 4.79 Å². The van der Waals surface area contributed by atoms with Crippen molar-refractivity contribution in [1.29, 1.82) is 0 Å². The van der Waals surface area contributed by atoms with E-state index >= 15 is 0 Å². The zero-order valence-electron chi connectivity index (χ0n) is 13.8. The van der Waals surface area contributed by atoms with E-state index < -0.39 is 0 Å². The molecule has 2 rings (SSSR count). The summed E-state index contributed by atoms with van der Waals surface area (Å²) in [7, 11) is 3.19. The van der Waals surface area contributed by atoms with Crippen LogP contribution in [-0.4, -0.2) is 26.7 Å². The quantitative estimate of drug-likeness (QED) is 0.778. The Morgan fingerprint density at radius 1 is 1.08 bits per heavy atom. The molecule has 0 unspecified atom stereocenters. The predicted octanol–water partition coefficient (Wildman–Crippen LogP) is 3.72. The SMILES string of the molecule is COc1ccc(OC)c([C@@H](C)NC(=O)COc2ccc(Br)cc2)c1. The van der Waals surface area contributed by atoms with Gasteiger partial charge in [0.1, 0.15) is 17.2 Å². The summed E-state index contributed by atoms with van der Waals surface area (Å²) in [5, 5.41) is 2.90. The number of rotatable bonds is 7. The number of hydrogen-bond donors (Lipinski definition) is 1. The van der Waals surface area contributed by atoms with E-state index in [1.807, 2.05) is 37.3 Å². The van der Waals surface area contributed by atoms with Crippen molar-refractivity contribution in [1.82, 2.24) is 5.32 Å². The highest BCUT2D eigenvalue weighted by Gasteiger charge is 2.15. The number of halogens is 1. The second-order valence-electron chi connectivity index (χ2n) is 5.14. The van der Waals surface area contributed by atoms with Crippen LogP contribution in [0.1, 0.15) is 18.5 Å². The van der Waals surface area contributed by atoms with Crippen molar-refractivity contribution in [2.45, 2.75) is 13.0 Å². The number of carbonyl (C=O) groups is 1. The van der Waals surface area contributed by atoms with Crippen molar-refractivity contribution in [3.63, 3.8) is 0 Å². The van der Waals surface area contributed by atoms with Crippen LogP contribution in [0.2, 0.25) is 0 Å². The molecule has 0 aliphatic heterocycles. The molecular formula is C18H20BrNO4. The summed E-state index contributed by atoms with van der Waals surface area (Å²) < 4.78 is 17.0. The molecule has 2 aromatic carbocycles. The maximum Gasteiger partial charge on any atom is 0.258 e. The van der Waals surface area contributed by atoms with Crippen molar-refractivity contribution in [3.8, 4) is 17.2 Å². The molecule has 1 amide bonds. The van der Waals surface area contributed by atoms with Gasteiger partial charge < -0.3 is 19.5 Å². The van der Waals surface area contributed by atoms with E-state index in [1.165, 1.54) is 0 Å². The third-order valence-corrected chi connectivity index (χ3v) is 3.99. The lowest BCUT2D eigenvalue weighted by Crippen LogP contribution is -2.31. The maximum absolute atomic E-state index is 12.1. The zero-order chi connectivity index (χ0) is 17.5. The minimum Gasteiger partial charge on any atom is -0.497 e. The lowest BCUT2D eigenvalue weighted by atomic mass is 10.1. The lowest BCUT2D eigenvalue weighted by Gasteiger charge is -2.18. The van der Waals surface area contributed by atoms with Crippen LogP contribution in [0.3, 0.4) is 0 Å². The van der Waals surface area contributed by atoms with Gasteiger partial charge in [0.2, 0.25) is 0 Å². The summed E-state index contributed by atoms with van der Waals surface area (Å²) >= 11 is 3.35. The highest BCUT2D eigenvalue weighted by molar-refractivity contribution is 9.10. The number of amides is 1. The number of benzene rings is 2. The second kappa shape index (κ2) is 8.59. The lowest BCUT2D eigenvalue weighted by molar-refractivity contribution is -0.123. The maximum atomic E-state index is 12.1. The van der Waals surface area contributed by atoms with Crippen LogP contribution in [0.5, 0.6) is 17.2 Å². The Kier molecular flexibility index (Phi) is 6.49. The number of carbonyl (C=O) groups excluding carboxylic acids is 1. The van der Waals surface area contributed by atoms with Crippen LogP contribution in [-0.2, 0) is 4.79 Å². The van der Waals surface area contributed by atoms with Crippen LogP contribution in [0.25, 0.3) is 0 Å². The first kappa shape index (κ1) is 18.1. The van der Waals surface area contributed by atoms with Gasteiger partial charge in [-0.15, -0.1) is 0 Å². The van der Waals surface area contributed by atoms with Gasteiger partial charge in [-0.2, -0.15) is 0 Å². The molecule has 0 radical (unpaired) electrons. The van der Waals surface area contributed by atoms with E-state index in [4.69, 9.17) is 14.2 Å². The van der Waals surface area contributed by atoms with Crippen LogP contribution in [0, 0.1) is 0 Å². The Morgan fingerprint density at radius 2 is 1.75 bits per heavy atom. The molecule has 1 N–H and O–H groups in total. The first-order valence-corrected chi connectivity index (χ1v) is 8.22. The van der Waals surface area contributed by atoms with Crippen LogP contribution in [0.15, 0.2) is 46.9 Å². The molecule has 24 heavy (non-hydrogen) atoms. The van der Waals surface area contributed by atoms with Gasteiger partial charge in [0.15, 0.2) is 6.61 Å². The molecule has 5 nitrogen and oxygen atoms in total. The van der Waals surface area contributed by atoms with Crippen molar-refractivity contribution < 1.29 is 19.0 Å². The average molecular weight is 394 g/mol. The standard InChI is InChI=1S/C18H20BrNO4/c1-12(16-10-15(22-2)8-9-17(16)23-3)20-18(21)11-24-14-6-4-13(19)5-7-14/h4-10,12H,11H2,1-3H3,(H,20,21)/t12-/m1/s1. The Hall–Kier alpha value is -2.21. The smallest absolute Gasteiger partial charge is 0.258 e. The molecule has 0 saturated heterocycles. The normalized spacial score (nSPS) is 11.5. The summed E-state index contributed by atoms with van der Waals surface area (Å²) in [4.78, 5) is 12.1. The first-order chi connectivity index (χ1) is 11.5. The van der Waals surface area contributed by atoms with Gasteiger partial charge >= 0.3 is 0 Å². The summed E-state index contributed by atoms with van der Waals surface area (Å²) in [6, 6.07) is 12.5. The van der Waals surface area contributed by atoms with Gasteiger partial charge in [0, 0.05) is 10.0 Å². The largest absolute Gasteiger partial charge is 0.497 e. The first-order valence-electron chi connectivity index (χ1n) is 7.43. The molecule has 0 aromatic heterocycles. The Balaban J connectivity index is 1.97. The average Bonchev–Trinajstić information content (AvgIpc) is 2.60. The molecular weight excluding hydrogens is 374 g/mol. The number of ether oxygens (including phenoxy) is 3. The summed E-state index contributed by atoms with van der Waals surface area (Å²) in [5.74, 6) is 1.82. The summed E-state index contributed by atoms with van der Waals surface area (Å²) in [5.41, 5.74) is 0.842. The van der Waals surface area contributed by atoms with E-state index in [-0.39, 0.29) is 18.6 Å². The van der Waals surface area contributed by atoms with E-state index in [1.54, 1.807) is 26.4 Å². The van der Waals surface area contributed by atoms with Crippen molar-refractivity contribution in [3.05, 3.63) is 52.5 Å². The van der Waals surface area contributed by atoms with Gasteiger partial charge in [-0.1, -0.05) is 15.9 Å². The molecule has 0 saturated carbocycles. The van der Waals surface area contributed by atoms with E-state index in [0.717, 1.165) is 10.0 Å². The number of nitrogens with one attached hydrogen (secondary N) is 1. The van der Waals surface area contributed by atoms with Crippen molar-refractivity contribution in [2.24, 2.45) is 0 Å². The van der Waals surface area contributed by atoms with Crippen molar-refractivity contribution >= 4 is 21.8 Å². The molecule has 6 heteroatoms. The third kappa shape index (κ3) is 4.89. The molecule has 0 bridgehead atoms. The highest BCUT2D eigenvalue weighted by Crippen LogP contribution is 2.29. The van der Waals surface area contributed by atoms with Crippen LogP contribution < -0.4 is 19.5 Å². The molecule has 0 aliphatic rings. The topological polar surface area (TPSA) is 56.8 Å². The fourth-order valence-corrected chi connectivity index (χ4v) is 2.48. The summed E-state index contributed by atoms with van der Waals surface area (Å²) in [6.07, 6.45) is 0. The summed E-state index contributed by atoms with van der Waals surface area (Å²) in [6.45, 7) is 1.83. The van der Waals surface area contributed by atoms with Gasteiger partial charge in [-0.3, -0.25) is 4.79 Å². The zero-order valence-corrected chi connectivity index (χ0v) is 15.4.